The number of likely N-dealkylation sites (N-methyl/N-ethyl adjacent to an activating group) is 2. The second-order valence-corrected chi connectivity index (χ2v) is 5.11. The normalized spacial score (nSPS) is 18.8. The molecule has 1 aliphatic carbocycles. The minimum atomic E-state index is -0.942. The van der Waals surface area contributed by atoms with Crippen molar-refractivity contribution >= 4 is 11.8 Å². The van der Waals surface area contributed by atoms with Gasteiger partial charge in [-0.1, -0.05) is 19.3 Å². The van der Waals surface area contributed by atoms with Crippen molar-refractivity contribution in [2.24, 2.45) is 0 Å². The Kier molecular flexibility index (Phi) is 6.29. The average Bonchev–Trinajstić information content (AvgIpc) is 2.36. The van der Waals surface area contributed by atoms with Crippen molar-refractivity contribution in [2.75, 3.05) is 20.6 Å². The minimum absolute atomic E-state index is 0.0343. The van der Waals surface area contributed by atoms with Crippen molar-refractivity contribution in [3.8, 4) is 0 Å². The average molecular weight is 256 g/mol. The zero-order valence-corrected chi connectivity index (χ0v) is 11.3. The summed E-state index contributed by atoms with van der Waals surface area (Å²) >= 11 is 0. The maximum absolute atomic E-state index is 12.0. The fourth-order valence-corrected chi connectivity index (χ4v) is 2.56. The number of carbonyl (C=O) groups excluding carboxylic acids is 1. The molecule has 1 aliphatic rings. The molecule has 1 unspecified atom stereocenters. The molecule has 1 saturated carbocycles. The SMILES string of the molecule is CNC(CC(=O)O)C(=O)CN(C)C1CCCCC1. The van der Waals surface area contributed by atoms with E-state index < -0.39 is 12.0 Å². The van der Waals surface area contributed by atoms with E-state index in [9.17, 15) is 9.59 Å². The van der Waals surface area contributed by atoms with Crippen LogP contribution in [0.1, 0.15) is 38.5 Å². The highest BCUT2D eigenvalue weighted by atomic mass is 16.4. The van der Waals surface area contributed by atoms with E-state index >= 15 is 0 Å². The lowest BCUT2D eigenvalue weighted by molar-refractivity contribution is -0.139. The van der Waals surface area contributed by atoms with Crippen molar-refractivity contribution in [1.82, 2.24) is 10.2 Å². The third-order valence-electron chi connectivity index (χ3n) is 3.72. The van der Waals surface area contributed by atoms with Crippen LogP contribution in [0.25, 0.3) is 0 Å². The summed E-state index contributed by atoms with van der Waals surface area (Å²) in [6.45, 7) is 0.337. The summed E-state index contributed by atoms with van der Waals surface area (Å²) in [7, 11) is 3.59. The van der Waals surface area contributed by atoms with Gasteiger partial charge in [0.15, 0.2) is 5.78 Å². The van der Waals surface area contributed by atoms with E-state index in [2.05, 4.69) is 10.2 Å². The topological polar surface area (TPSA) is 69.6 Å². The van der Waals surface area contributed by atoms with E-state index in [0.717, 1.165) is 12.8 Å². The molecule has 0 aromatic carbocycles. The highest BCUT2D eigenvalue weighted by Crippen LogP contribution is 2.21. The largest absolute Gasteiger partial charge is 0.481 e. The summed E-state index contributed by atoms with van der Waals surface area (Å²) in [4.78, 5) is 24.7. The van der Waals surface area contributed by atoms with Crippen LogP contribution in [-0.4, -0.2) is 54.5 Å². The molecule has 0 radical (unpaired) electrons. The Morgan fingerprint density at radius 2 is 1.94 bits per heavy atom. The van der Waals surface area contributed by atoms with Crippen LogP contribution in [0.3, 0.4) is 0 Å². The van der Waals surface area contributed by atoms with E-state index in [-0.39, 0.29) is 12.2 Å². The van der Waals surface area contributed by atoms with Gasteiger partial charge in [0.05, 0.1) is 19.0 Å². The molecule has 0 spiro atoms. The second-order valence-electron chi connectivity index (χ2n) is 5.11. The molecule has 18 heavy (non-hydrogen) atoms. The summed E-state index contributed by atoms with van der Waals surface area (Å²) in [6.07, 6.45) is 5.89. The Balaban J connectivity index is 2.43. The maximum Gasteiger partial charge on any atom is 0.305 e. The molecule has 5 nitrogen and oxygen atoms in total. The van der Waals surface area contributed by atoms with Gasteiger partial charge in [0, 0.05) is 6.04 Å². The third kappa shape index (κ3) is 4.74. The Morgan fingerprint density at radius 3 is 2.44 bits per heavy atom. The number of nitrogens with one attached hydrogen (secondary N) is 1. The fourth-order valence-electron chi connectivity index (χ4n) is 2.56. The molecule has 2 N–H and O–H groups in total. The Morgan fingerprint density at radius 1 is 1.33 bits per heavy atom. The van der Waals surface area contributed by atoms with Gasteiger partial charge in [-0.15, -0.1) is 0 Å². The molecule has 0 aromatic heterocycles. The molecule has 104 valence electrons. The standard InChI is InChI=1S/C13H24N2O3/c1-14-11(8-13(17)18)12(16)9-15(2)10-6-4-3-5-7-10/h10-11,14H,3-9H2,1-2H3,(H,17,18). The van der Waals surface area contributed by atoms with Gasteiger partial charge in [0.1, 0.15) is 0 Å². The number of ketones is 1. The van der Waals surface area contributed by atoms with E-state index in [1.54, 1.807) is 7.05 Å². The zero-order valence-electron chi connectivity index (χ0n) is 11.3. The van der Waals surface area contributed by atoms with Gasteiger partial charge in [-0.3, -0.25) is 14.5 Å². The minimum Gasteiger partial charge on any atom is -0.481 e. The molecular weight excluding hydrogens is 232 g/mol. The quantitative estimate of drug-likeness (QED) is 0.707. The lowest BCUT2D eigenvalue weighted by Crippen LogP contribution is -2.45. The van der Waals surface area contributed by atoms with Gasteiger partial charge < -0.3 is 10.4 Å². The molecule has 0 aromatic rings. The van der Waals surface area contributed by atoms with Crippen LogP contribution in [0.2, 0.25) is 0 Å². The Bertz CT molecular complexity index is 288. The van der Waals surface area contributed by atoms with Gasteiger partial charge in [-0.25, -0.2) is 0 Å². The van der Waals surface area contributed by atoms with Gasteiger partial charge in [-0.05, 0) is 26.9 Å². The lowest BCUT2D eigenvalue weighted by Gasteiger charge is -2.31. The number of Topliss-reactive ketones (excluding diaryl/α,β-unsaturated/α-hetero) is 1. The molecule has 0 heterocycles. The molecular formula is C13H24N2O3. The number of nitrogens with zero attached hydrogens (tertiary/aromatic N) is 1. The zero-order chi connectivity index (χ0) is 13.5. The van der Waals surface area contributed by atoms with Crippen LogP contribution in [0.4, 0.5) is 0 Å². The van der Waals surface area contributed by atoms with Crippen LogP contribution < -0.4 is 5.32 Å². The monoisotopic (exact) mass is 256 g/mol. The summed E-state index contributed by atoms with van der Waals surface area (Å²) in [5.41, 5.74) is 0. The highest BCUT2D eigenvalue weighted by Gasteiger charge is 2.24. The first-order valence-electron chi connectivity index (χ1n) is 6.66. The van der Waals surface area contributed by atoms with Crippen molar-refractivity contribution < 1.29 is 14.7 Å². The molecule has 0 saturated heterocycles. The van der Waals surface area contributed by atoms with E-state index in [4.69, 9.17) is 5.11 Å². The number of rotatable bonds is 7. The first kappa shape index (κ1) is 15.1. The van der Waals surface area contributed by atoms with Crippen molar-refractivity contribution in [1.29, 1.82) is 0 Å². The van der Waals surface area contributed by atoms with Crippen molar-refractivity contribution in [2.45, 2.75) is 50.6 Å². The summed E-state index contributed by atoms with van der Waals surface area (Å²) in [5, 5.41) is 11.5. The van der Waals surface area contributed by atoms with Gasteiger partial charge in [0.2, 0.25) is 0 Å². The maximum atomic E-state index is 12.0. The fraction of sp³-hybridized carbons (Fsp3) is 0.846. The van der Waals surface area contributed by atoms with Crippen LogP contribution in [0.15, 0.2) is 0 Å². The third-order valence-corrected chi connectivity index (χ3v) is 3.72. The number of hydrogen-bond donors (Lipinski definition) is 2. The molecule has 0 bridgehead atoms. The van der Waals surface area contributed by atoms with Gasteiger partial charge >= 0.3 is 5.97 Å². The summed E-state index contributed by atoms with van der Waals surface area (Å²) in [6, 6.07) is -0.0985. The smallest absolute Gasteiger partial charge is 0.305 e. The van der Waals surface area contributed by atoms with Crippen LogP contribution in [-0.2, 0) is 9.59 Å². The van der Waals surface area contributed by atoms with Crippen molar-refractivity contribution in [3.05, 3.63) is 0 Å². The van der Waals surface area contributed by atoms with E-state index in [0.29, 0.717) is 12.6 Å². The summed E-state index contributed by atoms with van der Waals surface area (Å²) < 4.78 is 0. The predicted molar refractivity (Wildman–Crippen MR) is 69.6 cm³/mol. The molecule has 1 rings (SSSR count). The number of carbonyl (C=O) groups is 2. The van der Waals surface area contributed by atoms with Crippen LogP contribution >= 0.6 is 0 Å². The molecule has 0 aliphatic heterocycles. The Hall–Kier alpha value is -0.940. The van der Waals surface area contributed by atoms with Crippen LogP contribution in [0.5, 0.6) is 0 Å². The van der Waals surface area contributed by atoms with E-state index in [1.807, 2.05) is 7.05 Å². The van der Waals surface area contributed by atoms with Gasteiger partial charge in [-0.2, -0.15) is 0 Å². The first-order chi connectivity index (χ1) is 8.54. The lowest BCUT2D eigenvalue weighted by atomic mass is 9.94. The number of hydrogen-bond acceptors (Lipinski definition) is 4. The van der Waals surface area contributed by atoms with Crippen molar-refractivity contribution in [3.63, 3.8) is 0 Å². The summed E-state index contributed by atoms with van der Waals surface area (Å²) in [5.74, 6) is -0.976. The number of carboxylic acids is 1. The highest BCUT2D eigenvalue weighted by molar-refractivity contribution is 5.89. The first-order valence-corrected chi connectivity index (χ1v) is 6.66. The van der Waals surface area contributed by atoms with Gasteiger partial charge in [0.25, 0.3) is 0 Å². The predicted octanol–water partition coefficient (Wildman–Crippen LogP) is 0.883. The van der Waals surface area contributed by atoms with Crippen LogP contribution in [0, 0.1) is 0 Å². The van der Waals surface area contributed by atoms with E-state index in [1.165, 1.54) is 19.3 Å². The Labute approximate surface area is 109 Å². The molecule has 1 atom stereocenters. The molecule has 0 amide bonds. The second kappa shape index (κ2) is 7.48. The molecule has 5 heteroatoms. The number of aliphatic carboxylic acids is 1. The molecule has 1 fully saturated rings. The number of carboxylic acid groups (broad SMARTS) is 1.